The van der Waals surface area contributed by atoms with E-state index in [4.69, 9.17) is 22.1 Å². The lowest BCUT2D eigenvalue weighted by molar-refractivity contribution is 0.0602. The number of anilines is 2. The molecule has 0 saturated carbocycles. The third-order valence-electron chi connectivity index (χ3n) is 2.31. The first-order valence-corrected chi connectivity index (χ1v) is 6.03. The first-order chi connectivity index (χ1) is 8.24. The minimum Gasteiger partial charge on any atom is -0.465 e. The van der Waals surface area contributed by atoms with Gasteiger partial charge in [-0.05, 0) is 17.5 Å². The summed E-state index contributed by atoms with van der Waals surface area (Å²) in [5, 5.41) is 3.59. The van der Waals surface area contributed by atoms with E-state index in [2.05, 4.69) is 26.1 Å². The van der Waals surface area contributed by atoms with E-state index in [0.29, 0.717) is 28.5 Å². The molecule has 0 aliphatic heterocycles. The zero-order valence-corrected chi connectivity index (χ0v) is 11.9. The van der Waals surface area contributed by atoms with Crippen molar-refractivity contribution in [3.8, 4) is 0 Å². The van der Waals surface area contributed by atoms with Gasteiger partial charge in [0.25, 0.3) is 0 Å². The van der Waals surface area contributed by atoms with Crippen LogP contribution in [0, 0.1) is 5.41 Å². The minimum absolute atomic E-state index is 0.0676. The molecule has 18 heavy (non-hydrogen) atoms. The summed E-state index contributed by atoms with van der Waals surface area (Å²) >= 11 is 6.11. The molecule has 1 aromatic carbocycles. The van der Waals surface area contributed by atoms with Crippen molar-refractivity contribution in [2.45, 2.75) is 20.8 Å². The first kappa shape index (κ1) is 14.6. The molecule has 0 fully saturated rings. The van der Waals surface area contributed by atoms with Crippen LogP contribution in [0.1, 0.15) is 31.1 Å². The second kappa shape index (κ2) is 5.48. The Balaban J connectivity index is 3.12. The summed E-state index contributed by atoms with van der Waals surface area (Å²) in [5.74, 6) is -0.458. The second-order valence-electron chi connectivity index (χ2n) is 5.33. The Kier molecular flexibility index (Phi) is 4.46. The molecule has 0 heterocycles. The van der Waals surface area contributed by atoms with Gasteiger partial charge in [-0.3, -0.25) is 0 Å². The van der Waals surface area contributed by atoms with Crippen LogP contribution >= 0.6 is 11.6 Å². The van der Waals surface area contributed by atoms with Gasteiger partial charge in [0.2, 0.25) is 0 Å². The normalized spacial score (nSPS) is 11.2. The fraction of sp³-hybridized carbons (Fsp3) is 0.462. The van der Waals surface area contributed by atoms with E-state index in [1.165, 1.54) is 7.11 Å². The number of esters is 1. The summed E-state index contributed by atoms with van der Waals surface area (Å²) in [7, 11) is 1.33. The van der Waals surface area contributed by atoms with Crippen LogP contribution in [-0.2, 0) is 4.74 Å². The van der Waals surface area contributed by atoms with Crippen LogP contribution in [0.5, 0.6) is 0 Å². The van der Waals surface area contributed by atoms with Crippen LogP contribution in [0.2, 0.25) is 5.02 Å². The molecular formula is C13H19ClN2O2. The monoisotopic (exact) mass is 270 g/mol. The molecule has 0 radical (unpaired) electrons. The van der Waals surface area contributed by atoms with Gasteiger partial charge < -0.3 is 15.8 Å². The highest BCUT2D eigenvalue weighted by Gasteiger charge is 2.18. The van der Waals surface area contributed by atoms with Crippen LogP contribution in [-0.4, -0.2) is 19.6 Å². The Morgan fingerprint density at radius 1 is 1.44 bits per heavy atom. The lowest BCUT2D eigenvalue weighted by Crippen LogP contribution is -2.21. The third-order valence-corrected chi connectivity index (χ3v) is 2.61. The van der Waals surface area contributed by atoms with E-state index < -0.39 is 5.97 Å². The molecule has 5 heteroatoms. The van der Waals surface area contributed by atoms with E-state index in [9.17, 15) is 4.79 Å². The number of carbonyl (C=O) groups is 1. The van der Waals surface area contributed by atoms with Crippen molar-refractivity contribution in [1.29, 1.82) is 0 Å². The molecule has 3 N–H and O–H groups in total. The number of rotatable bonds is 3. The van der Waals surface area contributed by atoms with Crippen molar-refractivity contribution in [3.05, 3.63) is 22.7 Å². The van der Waals surface area contributed by atoms with Crippen molar-refractivity contribution < 1.29 is 9.53 Å². The van der Waals surface area contributed by atoms with Gasteiger partial charge in [-0.15, -0.1) is 0 Å². The predicted octanol–water partition coefficient (Wildman–Crippen LogP) is 3.17. The maximum Gasteiger partial charge on any atom is 0.340 e. The number of methoxy groups -OCH3 is 1. The molecule has 1 rings (SSSR count). The van der Waals surface area contributed by atoms with Crippen LogP contribution in [0.25, 0.3) is 0 Å². The van der Waals surface area contributed by atoms with E-state index in [1.807, 2.05) is 0 Å². The van der Waals surface area contributed by atoms with Crippen LogP contribution < -0.4 is 11.1 Å². The molecule has 0 aliphatic carbocycles. The molecular weight excluding hydrogens is 252 g/mol. The molecule has 0 atom stereocenters. The van der Waals surface area contributed by atoms with E-state index in [1.54, 1.807) is 12.1 Å². The number of nitrogens with two attached hydrogens (primary N) is 1. The van der Waals surface area contributed by atoms with Crippen molar-refractivity contribution in [2.75, 3.05) is 24.7 Å². The standard InChI is InChI=1S/C13H19ClN2O2/c1-13(2,3)7-16-11-9(12(17)18-4)5-8(15)6-10(11)14/h5-6,16H,7,15H2,1-4H3. The van der Waals surface area contributed by atoms with Crippen molar-refractivity contribution in [2.24, 2.45) is 5.41 Å². The number of nitrogens with one attached hydrogen (secondary N) is 1. The summed E-state index contributed by atoms with van der Waals surface area (Å²) in [4.78, 5) is 11.7. The Hall–Kier alpha value is -1.42. The maximum absolute atomic E-state index is 11.7. The molecule has 0 aromatic heterocycles. The number of benzene rings is 1. The molecule has 0 aliphatic rings. The summed E-state index contributed by atoms with van der Waals surface area (Å²) in [6.07, 6.45) is 0. The van der Waals surface area contributed by atoms with Crippen molar-refractivity contribution >= 4 is 28.9 Å². The average molecular weight is 271 g/mol. The summed E-state index contributed by atoms with van der Waals surface area (Å²) < 4.78 is 4.73. The SMILES string of the molecule is COC(=O)c1cc(N)cc(Cl)c1NCC(C)(C)C. The number of carbonyl (C=O) groups excluding carboxylic acids is 1. The molecule has 1 aromatic rings. The summed E-state index contributed by atoms with van der Waals surface area (Å²) in [5.41, 5.74) is 7.10. The largest absolute Gasteiger partial charge is 0.465 e. The molecule has 0 bridgehead atoms. The summed E-state index contributed by atoms with van der Waals surface area (Å²) in [6.45, 7) is 6.94. The van der Waals surface area contributed by atoms with Crippen molar-refractivity contribution in [3.63, 3.8) is 0 Å². The van der Waals surface area contributed by atoms with Crippen LogP contribution in [0.4, 0.5) is 11.4 Å². The Morgan fingerprint density at radius 2 is 2.06 bits per heavy atom. The molecule has 4 nitrogen and oxygen atoms in total. The minimum atomic E-state index is -0.458. The van der Waals surface area contributed by atoms with Crippen LogP contribution in [0.3, 0.4) is 0 Å². The topological polar surface area (TPSA) is 64.3 Å². The molecule has 0 unspecified atom stereocenters. The van der Waals surface area contributed by atoms with Gasteiger partial charge in [-0.25, -0.2) is 4.79 Å². The summed E-state index contributed by atoms with van der Waals surface area (Å²) in [6, 6.07) is 3.17. The fourth-order valence-corrected chi connectivity index (χ4v) is 1.73. The molecule has 0 saturated heterocycles. The zero-order valence-electron chi connectivity index (χ0n) is 11.1. The fourth-order valence-electron chi connectivity index (χ4n) is 1.43. The number of nitrogen functional groups attached to an aromatic ring is 1. The van der Waals surface area contributed by atoms with E-state index >= 15 is 0 Å². The highest BCUT2D eigenvalue weighted by atomic mass is 35.5. The molecule has 100 valence electrons. The van der Waals surface area contributed by atoms with Gasteiger partial charge >= 0.3 is 5.97 Å². The van der Waals surface area contributed by atoms with Crippen LogP contribution in [0.15, 0.2) is 12.1 Å². The lowest BCUT2D eigenvalue weighted by atomic mass is 9.96. The highest BCUT2D eigenvalue weighted by molar-refractivity contribution is 6.34. The molecule has 0 spiro atoms. The lowest BCUT2D eigenvalue weighted by Gasteiger charge is -2.21. The number of ether oxygens (including phenoxy) is 1. The second-order valence-corrected chi connectivity index (χ2v) is 5.74. The number of hydrogen-bond donors (Lipinski definition) is 2. The van der Waals surface area contributed by atoms with Gasteiger partial charge in [0.1, 0.15) is 0 Å². The quantitative estimate of drug-likeness (QED) is 0.654. The predicted molar refractivity (Wildman–Crippen MR) is 75.1 cm³/mol. The Labute approximate surface area is 112 Å². The van der Waals surface area contributed by atoms with E-state index in [-0.39, 0.29) is 5.41 Å². The van der Waals surface area contributed by atoms with Gasteiger partial charge in [-0.1, -0.05) is 32.4 Å². The highest BCUT2D eigenvalue weighted by Crippen LogP contribution is 2.30. The third kappa shape index (κ3) is 3.81. The van der Waals surface area contributed by atoms with Gasteiger partial charge in [0, 0.05) is 12.2 Å². The number of hydrogen-bond acceptors (Lipinski definition) is 4. The van der Waals surface area contributed by atoms with Gasteiger partial charge in [0.15, 0.2) is 0 Å². The van der Waals surface area contributed by atoms with Crippen molar-refractivity contribution in [1.82, 2.24) is 0 Å². The van der Waals surface area contributed by atoms with Gasteiger partial charge in [-0.2, -0.15) is 0 Å². The zero-order chi connectivity index (χ0) is 13.9. The molecule has 0 amide bonds. The van der Waals surface area contributed by atoms with E-state index in [0.717, 1.165) is 0 Å². The maximum atomic E-state index is 11.7. The Bertz CT molecular complexity index is 453. The van der Waals surface area contributed by atoms with Gasteiger partial charge in [0.05, 0.1) is 23.4 Å². The number of halogens is 1. The smallest absolute Gasteiger partial charge is 0.340 e. The first-order valence-electron chi connectivity index (χ1n) is 5.66. The average Bonchev–Trinajstić information content (AvgIpc) is 2.24. The Morgan fingerprint density at radius 3 is 2.56 bits per heavy atom.